The molecular weight excluding hydrogens is 544 g/mol. The molecule has 0 spiro atoms. The van der Waals surface area contributed by atoms with E-state index in [4.69, 9.17) is 0 Å². The lowest BCUT2D eigenvalue weighted by Crippen LogP contribution is -1.97. The molecule has 0 unspecified atom stereocenters. The summed E-state index contributed by atoms with van der Waals surface area (Å²) in [5.74, 6) is 0. The lowest BCUT2D eigenvalue weighted by Gasteiger charge is -2.14. The molecule has 0 bridgehead atoms. The summed E-state index contributed by atoms with van der Waals surface area (Å²) >= 11 is 0. The van der Waals surface area contributed by atoms with E-state index in [0.29, 0.717) is 0 Å². The van der Waals surface area contributed by atoms with Gasteiger partial charge in [-0.3, -0.25) is 0 Å². The molecule has 0 saturated heterocycles. The fraction of sp³-hybridized carbons (Fsp3) is 0.0233. The van der Waals surface area contributed by atoms with Crippen molar-refractivity contribution in [3.05, 3.63) is 169 Å². The first-order valence-corrected chi connectivity index (χ1v) is 15.5. The number of nitrogens with zero attached hydrogens (tertiary/aromatic N) is 2. The number of fused-ring (bicyclic) bond motifs is 6. The molecule has 45 heavy (non-hydrogen) atoms. The van der Waals surface area contributed by atoms with Crippen LogP contribution in [0.5, 0.6) is 0 Å². The number of benzene rings is 7. The number of aromatic nitrogens is 2. The van der Waals surface area contributed by atoms with Crippen LogP contribution in [-0.4, -0.2) is 9.13 Å². The van der Waals surface area contributed by atoms with Crippen LogP contribution in [0.25, 0.3) is 77.2 Å². The van der Waals surface area contributed by atoms with Crippen LogP contribution in [0.3, 0.4) is 0 Å². The Morgan fingerprint density at radius 1 is 0.311 bits per heavy atom. The molecule has 0 saturated carbocycles. The molecular formula is C43H30N2. The second-order valence-corrected chi connectivity index (χ2v) is 11.9. The van der Waals surface area contributed by atoms with E-state index in [9.17, 15) is 0 Å². The van der Waals surface area contributed by atoms with Gasteiger partial charge in [0.25, 0.3) is 0 Å². The van der Waals surface area contributed by atoms with E-state index in [-0.39, 0.29) is 0 Å². The third kappa shape index (κ3) is 4.11. The van der Waals surface area contributed by atoms with Gasteiger partial charge in [-0.15, -0.1) is 0 Å². The summed E-state index contributed by atoms with van der Waals surface area (Å²) in [6.45, 7) is 2.19. The average Bonchev–Trinajstić information content (AvgIpc) is 3.60. The maximum atomic E-state index is 2.47. The summed E-state index contributed by atoms with van der Waals surface area (Å²) < 4.78 is 4.88. The predicted octanol–water partition coefficient (Wildman–Crippen LogP) is 11.5. The Hall–Kier alpha value is -5.86. The van der Waals surface area contributed by atoms with E-state index >= 15 is 0 Å². The van der Waals surface area contributed by atoms with Gasteiger partial charge in [-0.25, -0.2) is 0 Å². The summed E-state index contributed by atoms with van der Waals surface area (Å²) in [6.07, 6.45) is 0. The van der Waals surface area contributed by atoms with Crippen molar-refractivity contribution in [3.63, 3.8) is 0 Å². The van der Waals surface area contributed by atoms with Crippen LogP contribution in [-0.2, 0) is 0 Å². The van der Waals surface area contributed by atoms with Gasteiger partial charge < -0.3 is 9.13 Å². The van der Waals surface area contributed by atoms with Gasteiger partial charge in [-0.1, -0.05) is 109 Å². The Kier molecular flexibility index (Phi) is 5.76. The number of aryl methyl sites for hydroxylation is 1. The second kappa shape index (κ2) is 10.1. The molecule has 9 rings (SSSR count). The van der Waals surface area contributed by atoms with Crippen LogP contribution in [0, 0.1) is 6.92 Å². The minimum absolute atomic E-state index is 1.15. The number of hydrogen-bond acceptors (Lipinski definition) is 0. The van der Waals surface area contributed by atoms with Crippen molar-refractivity contribution in [1.82, 2.24) is 9.13 Å². The first kappa shape index (κ1) is 25.6. The van der Waals surface area contributed by atoms with Crippen molar-refractivity contribution in [2.24, 2.45) is 0 Å². The van der Waals surface area contributed by atoms with E-state index in [1.165, 1.54) is 77.1 Å². The quantitative estimate of drug-likeness (QED) is 0.198. The number of rotatable bonds is 4. The number of para-hydroxylation sites is 2. The third-order valence-electron chi connectivity index (χ3n) is 9.12. The summed E-state index contributed by atoms with van der Waals surface area (Å²) in [6, 6.07) is 59.6. The standard InChI is InChI=1S/C43H30N2/c1-29-21-22-41-37(23-29)39-27-38-36-19-11-12-20-40(36)44(34-17-9-4-10-18-34)42(38)28-43(39)45(41)35-25-32(30-13-5-2-6-14-30)24-33(26-35)31-15-7-3-8-16-31/h2-28H,1H3. The van der Waals surface area contributed by atoms with Gasteiger partial charge in [0, 0.05) is 32.9 Å². The molecule has 2 heteroatoms. The monoisotopic (exact) mass is 574 g/mol. The molecule has 0 amide bonds. The van der Waals surface area contributed by atoms with Gasteiger partial charge in [0.1, 0.15) is 0 Å². The van der Waals surface area contributed by atoms with Gasteiger partial charge in [0.2, 0.25) is 0 Å². The molecule has 7 aromatic carbocycles. The SMILES string of the molecule is Cc1ccc2c(c1)c1cc3c4ccccc4n(-c4ccccc4)c3cc1n2-c1cc(-c2ccccc2)cc(-c2ccccc2)c1. The highest BCUT2D eigenvalue weighted by Crippen LogP contribution is 2.41. The topological polar surface area (TPSA) is 9.86 Å². The summed E-state index contributed by atoms with van der Waals surface area (Å²) in [7, 11) is 0. The highest BCUT2D eigenvalue weighted by molar-refractivity contribution is 6.19. The number of hydrogen-bond donors (Lipinski definition) is 0. The molecule has 0 radical (unpaired) electrons. The molecule has 0 N–H and O–H groups in total. The van der Waals surface area contributed by atoms with Crippen molar-refractivity contribution in [2.45, 2.75) is 6.92 Å². The van der Waals surface area contributed by atoms with Gasteiger partial charge in [-0.05, 0) is 89.8 Å². The maximum absolute atomic E-state index is 2.47. The van der Waals surface area contributed by atoms with Crippen LogP contribution in [0.1, 0.15) is 5.56 Å². The Morgan fingerprint density at radius 3 is 1.49 bits per heavy atom. The summed E-state index contributed by atoms with van der Waals surface area (Å²) in [5.41, 5.74) is 13.2. The minimum atomic E-state index is 1.15. The molecule has 0 fully saturated rings. The Balaban J connectivity index is 1.42. The highest BCUT2D eigenvalue weighted by Gasteiger charge is 2.19. The molecule has 9 aromatic rings. The maximum Gasteiger partial charge on any atom is 0.0562 e. The van der Waals surface area contributed by atoms with Crippen LogP contribution < -0.4 is 0 Å². The first-order valence-electron chi connectivity index (χ1n) is 15.5. The van der Waals surface area contributed by atoms with E-state index in [1.54, 1.807) is 0 Å². The molecule has 0 aliphatic heterocycles. The van der Waals surface area contributed by atoms with Crippen molar-refractivity contribution in [3.8, 4) is 33.6 Å². The normalized spacial score (nSPS) is 11.7. The molecule has 2 heterocycles. The minimum Gasteiger partial charge on any atom is -0.309 e. The van der Waals surface area contributed by atoms with Crippen molar-refractivity contribution >= 4 is 43.6 Å². The summed E-state index contributed by atoms with van der Waals surface area (Å²) in [4.78, 5) is 0. The zero-order valence-corrected chi connectivity index (χ0v) is 25.0. The van der Waals surface area contributed by atoms with Gasteiger partial charge in [0.05, 0.1) is 22.1 Å². The molecule has 0 aliphatic carbocycles. The van der Waals surface area contributed by atoms with Crippen molar-refractivity contribution < 1.29 is 0 Å². The van der Waals surface area contributed by atoms with E-state index in [2.05, 4.69) is 180 Å². The van der Waals surface area contributed by atoms with E-state index in [0.717, 1.165) is 5.69 Å². The van der Waals surface area contributed by atoms with Crippen LogP contribution in [0.15, 0.2) is 164 Å². The summed E-state index contributed by atoms with van der Waals surface area (Å²) in [5, 5.41) is 5.08. The van der Waals surface area contributed by atoms with Crippen LogP contribution in [0.2, 0.25) is 0 Å². The largest absolute Gasteiger partial charge is 0.309 e. The highest BCUT2D eigenvalue weighted by atomic mass is 15.0. The van der Waals surface area contributed by atoms with Crippen LogP contribution >= 0.6 is 0 Å². The van der Waals surface area contributed by atoms with Gasteiger partial charge in [0.15, 0.2) is 0 Å². The van der Waals surface area contributed by atoms with Gasteiger partial charge in [-0.2, -0.15) is 0 Å². The average molecular weight is 575 g/mol. The molecule has 2 nitrogen and oxygen atoms in total. The first-order chi connectivity index (χ1) is 22.2. The van der Waals surface area contributed by atoms with E-state index in [1.807, 2.05) is 0 Å². The Labute approximate surface area is 262 Å². The lowest BCUT2D eigenvalue weighted by molar-refractivity contribution is 1.16. The zero-order valence-electron chi connectivity index (χ0n) is 25.0. The lowest BCUT2D eigenvalue weighted by atomic mass is 9.98. The Morgan fingerprint density at radius 2 is 0.822 bits per heavy atom. The zero-order chi connectivity index (χ0) is 29.9. The van der Waals surface area contributed by atoms with Gasteiger partial charge >= 0.3 is 0 Å². The van der Waals surface area contributed by atoms with Crippen molar-refractivity contribution in [1.29, 1.82) is 0 Å². The molecule has 0 atom stereocenters. The third-order valence-corrected chi connectivity index (χ3v) is 9.12. The molecule has 212 valence electrons. The Bertz CT molecular complexity index is 2460. The smallest absolute Gasteiger partial charge is 0.0562 e. The predicted molar refractivity (Wildman–Crippen MR) is 191 cm³/mol. The van der Waals surface area contributed by atoms with Crippen molar-refractivity contribution in [2.75, 3.05) is 0 Å². The fourth-order valence-electron chi connectivity index (χ4n) is 7.06. The van der Waals surface area contributed by atoms with E-state index < -0.39 is 0 Å². The van der Waals surface area contributed by atoms with Crippen LogP contribution in [0.4, 0.5) is 0 Å². The second-order valence-electron chi connectivity index (χ2n) is 11.9. The molecule has 0 aliphatic rings. The fourth-order valence-corrected chi connectivity index (χ4v) is 7.06. The molecule has 2 aromatic heterocycles.